The van der Waals surface area contributed by atoms with Crippen molar-refractivity contribution in [3.63, 3.8) is 0 Å². The van der Waals surface area contributed by atoms with Crippen LogP contribution in [-0.4, -0.2) is 22.0 Å². The maximum absolute atomic E-state index is 10.7. The molecule has 19 heavy (non-hydrogen) atoms. The summed E-state index contributed by atoms with van der Waals surface area (Å²) in [5.41, 5.74) is 5.40. The van der Waals surface area contributed by atoms with Gasteiger partial charge in [0.25, 0.3) is 5.69 Å². The summed E-state index contributed by atoms with van der Waals surface area (Å²) in [7, 11) is 1.39. The number of anilines is 1. The van der Waals surface area contributed by atoms with Crippen molar-refractivity contribution < 1.29 is 14.4 Å². The molecule has 0 spiro atoms. The zero-order valence-corrected chi connectivity index (χ0v) is 9.94. The van der Waals surface area contributed by atoms with Gasteiger partial charge in [0.05, 0.1) is 18.1 Å². The molecular weight excluding hydrogens is 252 g/mol. The Morgan fingerprint density at radius 2 is 2.05 bits per heavy atom. The molecule has 0 radical (unpaired) electrons. The van der Waals surface area contributed by atoms with Crippen LogP contribution >= 0.6 is 0 Å². The molecule has 0 fully saturated rings. The van der Waals surface area contributed by atoms with Crippen LogP contribution in [-0.2, 0) is 0 Å². The summed E-state index contributed by atoms with van der Waals surface area (Å²) < 4.78 is 10.5. The van der Waals surface area contributed by atoms with Crippen LogP contribution in [0.4, 0.5) is 11.5 Å². The summed E-state index contributed by atoms with van der Waals surface area (Å²) in [5.74, 6) is 1.00. The third kappa shape index (κ3) is 2.86. The molecule has 8 heteroatoms. The second kappa shape index (κ2) is 5.17. The number of non-ortho nitro benzene ring substituents is 1. The van der Waals surface area contributed by atoms with Crippen molar-refractivity contribution in [2.75, 3.05) is 12.8 Å². The van der Waals surface area contributed by atoms with Gasteiger partial charge in [0.2, 0.25) is 5.88 Å². The summed E-state index contributed by atoms with van der Waals surface area (Å²) in [6.07, 6.45) is 1.25. The molecule has 1 aromatic carbocycles. The highest BCUT2D eigenvalue weighted by Crippen LogP contribution is 2.33. The monoisotopic (exact) mass is 262 g/mol. The number of aromatic nitrogens is 2. The van der Waals surface area contributed by atoms with Gasteiger partial charge in [-0.3, -0.25) is 10.1 Å². The molecule has 2 aromatic rings. The lowest BCUT2D eigenvalue weighted by atomic mass is 10.3. The molecule has 0 saturated carbocycles. The van der Waals surface area contributed by atoms with Crippen molar-refractivity contribution in [2.45, 2.75) is 0 Å². The molecule has 1 heterocycles. The molecule has 0 atom stereocenters. The smallest absolute Gasteiger partial charge is 0.273 e. The number of hydrogen-bond acceptors (Lipinski definition) is 7. The predicted molar refractivity (Wildman–Crippen MR) is 66.2 cm³/mol. The van der Waals surface area contributed by atoms with Crippen molar-refractivity contribution in [3.8, 4) is 17.4 Å². The molecule has 0 bridgehead atoms. The number of nitrogens with zero attached hydrogens (tertiary/aromatic N) is 3. The van der Waals surface area contributed by atoms with Crippen molar-refractivity contribution in [1.29, 1.82) is 0 Å². The van der Waals surface area contributed by atoms with E-state index in [1.54, 1.807) is 0 Å². The molecular formula is C11H10N4O4. The van der Waals surface area contributed by atoms with E-state index in [4.69, 9.17) is 15.2 Å². The second-order valence-corrected chi connectivity index (χ2v) is 3.48. The quantitative estimate of drug-likeness (QED) is 0.659. The highest BCUT2D eigenvalue weighted by atomic mass is 16.6. The minimum absolute atomic E-state index is 0.0913. The first-order valence-corrected chi connectivity index (χ1v) is 5.18. The van der Waals surface area contributed by atoms with Gasteiger partial charge in [0.1, 0.15) is 12.1 Å². The van der Waals surface area contributed by atoms with Gasteiger partial charge >= 0.3 is 0 Å². The van der Waals surface area contributed by atoms with Crippen molar-refractivity contribution in [1.82, 2.24) is 9.97 Å². The van der Waals surface area contributed by atoms with Crippen LogP contribution in [0.1, 0.15) is 0 Å². The number of nitrogen functional groups attached to an aromatic ring is 1. The van der Waals surface area contributed by atoms with E-state index < -0.39 is 4.92 Å². The predicted octanol–water partition coefficient (Wildman–Crippen LogP) is 1.77. The average Bonchev–Trinajstić information content (AvgIpc) is 2.39. The van der Waals surface area contributed by atoms with Gasteiger partial charge in [-0.2, -0.15) is 0 Å². The van der Waals surface area contributed by atoms with E-state index in [2.05, 4.69) is 9.97 Å². The molecule has 98 valence electrons. The van der Waals surface area contributed by atoms with Crippen molar-refractivity contribution >= 4 is 11.5 Å². The first-order chi connectivity index (χ1) is 9.10. The Morgan fingerprint density at radius 3 is 2.68 bits per heavy atom. The molecule has 1 aromatic heterocycles. The number of rotatable bonds is 4. The molecule has 0 amide bonds. The van der Waals surface area contributed by atoms with Gasteiger partial charge in [-0.05, 0) is 6.07 Å². The van der Waals surface area contributed by atoms with Crippen LogP contribution in [0.2, 0.25) is 0 Å². The van der Waals surface area contributed by atoms with Crippen LogP contribution in [0.5, 0.6) is 17.4 Å². The molecule has 2 N–H and O–H groups in total. The minimum Gasteiger partial charge on any atom is -0.493 e. The average molecular weight is 262 g/mol. The second-order valence-electron chi connectivity index (χ2n) is 3.48. The highest BCUT2D eigenvalue weighted by Gasteiger charge is 2.13. The fourth-order valence-corrected chi connectivity index (χ4v) is 1.38. The lowest BCUT2D eigenvalue weighted by molar-refractivity contribution is -0.384. The van der Waals surface area contributed by atoms with E-state index in [9.17, 15) is 10.1 Å². The van der Waals surface area contributed by atoms with Gasteiger partial charge in [-0.25, -0.2) is 9.97 Å². The van der Waals surface area contributed by atoms with Gasteiger partial charge in [-0.1, -0.05) is 0 Å². The topological polar surface area (TPSA) is 113 Å². The Labute approximate surface area is 108 Å². The summed E-state index contributed by atoms with van der Waals surface area (Å²) in [6.45, 7) is 0. The Kier molecular flexibility index (Phi) is 3.42. The molecule has 8 nitrogen and oxygen atoms in total. The Balaban J connectivity index is 2.32. The summed E-state index contributed by atoms with van der Waals surface area (Å²) in [6, 6.07) is 5.43. The largest absolute Gasteiger partial charge is 0.493 e. The van der Waals surface area contributed by atoms with Crippen LogP contribution < -0.4 is 15.2 Å². The van der Waals surface area contributed by atoms with E-state index >= 15 is 0 Å². The normalized spacial score (nSPS) is 9.95. The first-order valence-electron chi connectivity index (χ1n) is 5.18. The van der Waals surface area contributed by atoms with Crippen molar-refractivity contribution in [3.05, 3.63) is 40.7 Å². The molecule has 0 saturated heterocycles. The van der Waals surface area contributed by atoms with Gasteiger partial charge in [-0.15, -0.1) is 0 Å². The van der Waals surface area contributed by atoms with Crippen LogP contribution in [0, 0.1) is 10.1 Å². The van der Waals surface area contributed by atoms with E-state index in [0.29, 0.717) is 5.75 Å². The number of nitro benzene ring substituents is 1. The first kappa shape index (κ1) is 12.6. The lowest BCUT2D eigenvalue weighted by Crippen LogP contribution is -1.96. The summed E-state index contributed by atoms with van der Waals surface area (Å²) in [5, 5.41) is 10.7. The Bertz CT molecular complexity index is 617. The molecule has 0 unspecified atom stereocenters. The van der Waals surface area contributed by atoms with E-state index in [1.807, 2.05) is 0 Å². The lowest BCUT2D eigenvalue weighted by Gasteiger charge is -2.09. The third-order valence-electron chi connectivity index (χ3n) is 2.24. The zero-order chi connectivity index (χ0) is 13.8. The number of hydrogen-bond donors (Lipinski definition) is 1. The fraction of sp³-hybridized carbons (Fsp3) is 0.0909. The van der Waals surface area contributed by atoms with Gasteiger partial charge < -0.3 is 15.2 Å². The molecule has 0 aliphatic rings. The number of benzene rings is 1. The third-order valence-corrected chi connectivity index (χ3v) is 2.24. The van der Waals surface area contributed by atoms with E-state index in [1.165, 1.54) is 37.7 Å². The van der Waals surface area contributed by atoms with Gasteiger partial charge in [0, 0.05) is 12.1 Å². The van der Waals surface area contributed by atoms with E-state index in [0.717, 1.165) is 0 Å². The van der Waals surface area contributed by atoms with Gasteiger partial charge in [0.15, 0.2) is 11.5 Å². The standard InChI is InChI=1S/C11H10N4O4/c1-18-9-4-7(15(16)17)2-3-8(9)19-11-5-10(12)13-6-14-11/h2-6H,1H3,(H2,12,13,14). The summed E-state index contributed by atoms with van der Waals surface area (Å²) in [4.78, 5) is 17.7. The molecule has 0 aliphatic carbocycles. The number of methoxy groups -OCH3 is 1. The summed E-state index contributed by atoms with van der Waals surface area (Å²) >= 11 is 0. The Morgan fingerprint density at radius 1 is 1.26 bits per heavy atom. The van der Waals surface area contributed by atoms with E-state index in [-0.39, 0.29) is 23.1 Å². The fourth-order valence-electron chi connectivity index (χ4n) is 1.38. The zero-order valence-electron chi connectivity index (χ0n) is 9.94. The molecule has 2 rings (SSSR count). The number of nitro groups is 1. The SMILES string of the molecule is COc1cc([N+](=O)[O-])ccc1Oc1cc(N)ncn1. The Hall–Kier alpha value is -2.90. The minimum atomic E-state index is -0.519. The maximum atomic E-state index is 10.7. The van der Waals surface area contributed by atoms with Crippen LogP contribution in [0.3, 0.4) is 0 Å². The number of nitrogens with two attached hydrogens (primary N) is 1. The molecule has 0 aliphatic heterocycles. The maximum Gasteiger partial charge on any atom is 0.273 e. The van der Waals surface area contributed by atoms with Crippen molar-refractivity contribution in [2.24, 2.45) is 0 Å². The number of ether oxygens (including phenoxy) is 2. The van der Waals surface area contributed by atoms with Crippen LogP contribution in [0.15, 0.2) is 30.6 Å². The highest BCUT2D eigenvalue weighted by molar-refractivity contribution is 5.50. The van der Waals surface area contributed by atoms with Crippen LogP contribution in [0.25, 0.3) is 0 Å².